The third kappa shape index (κ3) is 2.78. The number of hydrogen-bond donors (Lipinski definition) is 1. The number of H-pyrrole nitrogens is 1. The molecule has 0 radical (unpaired) electrons. The number of rotatable bonds is 3. The predicted octanol–water partition coefficient (Wildman–Crippen LogP) is 2.07. The van der Waals surface area contributed by atoms with Crippen LogP contribution >= 0.6 is 0 Å². The predicted molar refractivity (Wildman–Crippen MR) is 101 cm³/mol. The average molecular weight is 384 g/mol. The van der Waals surface area contributed by atoms with Crippen molar-refractivity contribution in [1.29, 1.82) is 0 Å². The van der Waals surface area contributed by atoms with E-state index in [1.54, 1.807) is 24.8 Å². The van der Waals surface area contributed by atoms with Gasteiger partial charge in [0.15, 0.2) is 34.4 Å². The minimum atomic E-state index is 0.254. The summed E-state index contributed by atoms with van der Waals surface area (Å²) in [6, 6.07) is 5.84. The lowest BCUT2D eigenvalue weighted by Crippen LogP contribution is -1.97. The number of aromatic amines is 1. The van der Waals surface area contributed by atoms with Gasteiger partial charge < -0.3 is 14.5 Å². The molecule has 0 aliphatic carbocycles. The Balaban J connectivity index is 1.33. The molecule has 10 heteroatoms. The van der Waals surface area contributed by atoms with E-state index < -0.39 is 0 Å². The molecule has 6 rings (SSSR count). The van der Waals surface area contributed by atoms with Gasteiger partial charge in [-0.15, -0.1) is 0 Å². The highest BCUT2D eigenvalue weighted by Gasteiger charge is 2.15. The highest BCUT2D eigenvalue weighted by atomic mass is 16.7. The third-order valence-electron chi connectivity index (χ3n) is 4.52. The Kier molecular flexibility index (Phi) is 3.36. The summed E-state index contributed by atoms with van der Waals surface area (Å²) in [4.78, 5) is 33.7. The van der Waals surface area contributed by atoms with E-state index in [0.717, 1.165) is 28.4 Å². The van der Waals surface area contributed by atoms with E-state index in [4.69, 9.17) is 9.47 Å². The van der Waals surface area contributed by atoms with Gasteiger partial charge in [0.05, 0.1) is 12.4 Å². The van der Waals surface area contributed by atoms with Crippen molar-refractivity contribution < 1.29 is 9.47 Å². The highest BCUT2D eigenvalue weighted by molar-refractivity contribution is 5.73. The molecule has 140 valence electrons. The van der Waals surface area contributed by atoms with Crippen LogP contribution in [0, 0.1) is 0 Å². The molecular formula is C19H12N8O2. The number of imidazole rings is 1. The SMILES string of the molecule is c1cnc2nc(-c3ncc4[nH]c(Cc5ccc6c(c5)OCO6)nc4n3)ncc2n1. The van der Waals surface area contributed by atoms with E-state index in [-0.39, 0.29) is 6.79 Å². The number of fused-ring (bicyclic) bond motifs is 3. The Morgan fingerprint density at radius 3 is 2.62 bits per heavy atom. The maximum atomic E-state index is 5.43. The molecule has 0 unspecified atom stereocenters. The number of benzene rings is 1. The molecule has 0 bridgehead atoms. The second-order valence-electron chi connectivity index (χ2n) is 6.44. The van der Waals surface area contributed by atoms with Crippen LogP contribution < -0.4 is 9.47 Å². The molecular weight excluding hydrogens is 372 g/mol. The second-order valence-corrected chi connectivity index (χ2v) is 6.44. The third-order valence-corrected chi connectivity index (χ3v) is 4.52. The normalized spacial score (nSPS) is 12.7. The molecule has 0 spiro atoms. The first-order valence-electron chi connectivity index (χ1n) is 8.86. The topological polar surface area (TPSA) is 124 Å². The number of nitrogens with one attached hydrogen (secondary N) is 1. The molecule has 0 saturated carbocycles. The standard InChI is InChI=1S/C19H12N8O2/c1-2-13-14(29-9-28-13)5-10(1)6-15-24-12-8-23-19(27-17(12)25-15)18-22-7-11-16(26-18)21-4-3-20-11/h1-5,7-8H,6,9H2,(H,23,24,25,27). The summed E-state index contributed by atoms with van der Waals surface area (Å²) in [6.07, 6.45) is 7.06. The second kappa shape index (κ2) is 6.16. The summed E-state index contributed by atoms with van der Waals surface area (Å²) in [5, 5.41) is 0. The van der Waals surface area contributed by atoms with Crippen LogP contribution in [0.1, 0.15) is 11.4 Å². The van der Waals surface area contributed by atoms with Crippen molar-refractivity contribution in [2.24, 2.45) is 0 Å². The zero-order valence-corrected chi connectivity index (χ0v) is 14.9. The van der Waals surface area contributed by atoms with E-state index >= 15 is 0 Å². The van der Waals surface area contributed by atoms with Crippen molar-refractivity contribution in [1.82, 2.24) is 39.9 Å². The lowest BCUT2D eigenvalue weighted by Gasteiger charge is -2.00. The van der Waals surface area contributed by atoms with Crippen molar-refractivity contribution in [3.05, 3.63) is 54.4 Å². The van der Waals surface area contributed by atoms with Crippen LogP contribution in [-0.2, 0) is 6.42 Å². The Bertz CT molecular complexity index is 1380. The molecule has 0 saturated heterocycles. The highest BCUT2D eigenvalue weighted by Crippen LogP contribution is 2.33. The lowest BCUT2D eigenvalue weighted by molar-refractivity contribution is 0.174. The molecule has 0 atom stereocenters. The minimum absolute atomic E-state index is 0.254. The fourth-order valence-electron chi connectivity index (χ4n) is 3.17. The summed E-state index contributed by atoms with van der Waals surface area (Å²) in [7, 11) is 0. The van der Waals surface area contributed by atoms with Crippen molar-refractivity contribution in [3.63, 3.8) is 0 Å². The van der Waals surface area contributed by atoms with Gasteiger partial charge in [-0.1, -0.05) is 6.07 Å². The molecule has 0 amide bonds. The van der Waals surface area contributed by atoms with Crippen LogP contribution in [-0.4, -0.2) is 46.7 Å². The molecule has 4 aromatic heterocycles. The quantitative estimate of drug-likeness (QED) is 0.497. The van der Waals surface area contributed by atoms with Gasteiger partial charge >= 0.3 is 0 Å². The largest absolute Gasteiger partial charge is 0.454 e. The summed E-state index contributed by atoms with van der Waals surface area (Å²) in [5.41, 5.74) is 3.45. The Morgan fingerprint density at radius 1 is 0.828 bits per heavy atom. The van der Waals surface area contributed by atoms with Gasteiger partial charge in [-0.3, -0.25) is 0 Å². The number of nitrogens with zero attached hydrogens (tertiary/aromatic N) is 7. The van der Waals surface area contributed by atoms with Crippen molar-refractivity contribution >= 4 is 22.3 Å². The fraction of sp³-hybridized carbons (Fsp3) is 0.105. The maximum absolute atomic E-state index is 5.43. The molecule has 29 heavy (non-hydrogen) atoms. The van der Waals surface area contributed by atoms with E-state index in [1.165, 1.54) is 0 Å². The van der Waals surface area contributed by atoms with Crippen LogP contribution in [0.15, 0.2) is 43.0 Å². The van der Waals surface area contributed by atoms with E-state index in [0.29, 0.717) is 34.9 Å². The molecule has 1 aliphatic heterocycles. The Labute approximate surface area is 163 Å². The van der Waals surface area contributed by atoms with Gasteiger partial charge in [0.25, 0.3) is 0 Å². The smallest absolute Gasteiger partial charge is 0.231 e. The number of ether oxygens (including phenoxy) is 2. The van der Waals surface area contributed by atoms with Crippen LogP contribution in [0.2, 0.25) is 0 Å². The summed E-state index contributed by atoms with van der Waals surface area (Å²) in [5.74, 6) is 3.04. The number of aromatic nitrogens is 8. The van der Waals surface area contributed by atoms with E-state index in [2.05, 4.69) is 39.9 Å². The molecule has 10 nitrogen and oxygen atoms in total. The monoisotopic (exact) mass is 384 g/mol. The molecule has 1 N–H and O–H groups in total. The van der Waals surface area contributed by atoms with Gasteiger partial charge in [-0.2, -0.15) is 0 Å². The zero-order chi connectivity index (χ0) is 19.2. The Hall–Kier alpha value is -4.21. The van der Waals surface area contributed by atoms with Crippen molar-refractivity contribution in [2.45, 2.75) is 6.42 Å². The van der Waals surface area contributed by atoms with Gasteiger partial charge in [-0.05, 0) is 17.7 Å². The average Bonchev–Trinajstić information content (AvgIpc) is 3.38. The van der Waals surface area contributed by atoms with Crippen LogP contribution in [0.3, 0.4) is 0 Å². The van der Waals surface area contributed by atoms with Gasteiger partial charge in [0, 0.05) is 18.8 Å². The molecule has 1 aromatic carbocycles. The van der Waals surface area contributed by atoms with Gasteiger partial charge in [0.2, 0.25) is 6.79 Å². The first kappa shape index (κ1) is 15.8. The van der Waals surface area contributed by atoms with Gasteiger partial charge in [-0.25, -0.2) is 34.9 Å². The van der Waals surface area contributed by atoms with E-state index in [1.807, 2.05) is 18.2 Å². The zero-order valence-electron chi connectivity index (χ0n) is 14.9. The fourth-order valence-corrected chi connectivity index (χ4v) is 3.17. The molecule has 1 aliphatic rings. The maximum Gasteiger partial charge on any atom is 0.231 e. The first-order chi connectivity index (χ1) is 14.3. The van der Waals surface area contributed by atoms with Crippen molar-refractivity contribution in [3.8, 4) is 23.1 Å². The van der Waals surface area contributed by atoms with Crippen LogP contribution in [0.25, 0.3) is 34.0 Å². The van der Waals surface area contributed by atoms with E-state index in [9.17, 15) is 0 Å². The summed E-state index contributed by atoms with van der Waals surface area (Å²) >= 11 is 0. The number of hydrogen-bond acceptors (Lipinski definition) is 9. The van der Waals surface area contributed by atoms with Gasteiger partial charge in [0.1, 0.15) is 16.9 Å². The minimum Gasteiger partial charge on any atom is -0.454 e. The molecule has 5 aromatic rings. The van der Waals surface area contributed by atoms with Crippen LogP contribution in [0.5, 0.6) is 11.5 Å². The summed E-state index contributed by atoms with van der Waals surface area (Å²) in [6.45, 7) is 0.254. The summed E-state index contributed by atoms with van der Waals surface area (Å²) < 4.78 is 10.8. The Morgan fingerprint density at radius 2 is 1.66 bits per heavy atom. The lowest BCUT2D eigenvalue weighted by atomic mass is 10.1. The first-order valence-corrected chi connectivity index (χ1v) is 8.86. The molecule has 0 fully saturated rings. The van der Waals surface area contributed by atoms with Crippen molar-refractivity contribution in [2.75, 3.05) is 6.79 Å². The molecule has 5 heterocycles. The van der Waals surface area contributed by atoms with Crippen LogP contribution in [0.4, 0.5) is 0 Å².